The summed E-state index contributed by atoms with van der Waals surface area (Å²) >= 11 is 0. The van der Waals surface area contributed by atoms with Gasteiger partial charge in [-0.3, -0.25) is 9.59 Å². The third kappa shape index (κ3) is 3.61. The highest BCUT2D eigenvalue weighted by Gasteiger charge is 2.75. The molecule has 4 fully saturated rings. The van der Waals surface area contributed by atoms with Crippen LogP contribution in [-0.2, 0) is 19.1 Å². The van der Waals surface area contributed by atoms with Gasteiger partial charge >= 0.3 is 0 Å². The molecule has 7 heteroatoms. The number of Topliss-reactive ketones (excluding diaryl/α,β-unsaturated/α-hetero) is 1. The van der Waals surface area contributed by atoms with E-state index < -0.39 is 29.5 Å². The van der Waals surface area contributed by atoms with E-state index in [0.29, 0.717) is 25.0 Å². The number of ketones is 2. The number of benzene rings is 1. The Hall–Kier alpha value is -2.35. The molecule has 0 aromatic heterocycles. The van der Waals surface area contributed by atoms with Crippen molar-refractivity contribution in [3.63, 3.8) is 0 Å². The summed E-state index contributed by atoms with van der Waals surface area (Å²) in [6.45, 7) is 6.08. The van der Waals surface area contributed by atoms with Crippen LogP contribution in [-0.4, -0.2) is 47.4 Å². The number of halogens is 1. The monoisotopic (exact) mass is 524 g/mol. The summed E-state index contributed by atoms with van der Waals surface area (Å²) in [5.74, 6) is 0.0981. The van der Waals surface area contributed by atoms with Gasteiger partial charge in [-0.05, 0) is 80.4 Å². The fourth-order valence-corrected chi connectivity index (χ4v) is 8.79. The molecule has 3 saturated carbocycles. The number of ether oxygens (including phenoxy) is 3. The van der Waals surface area contributed by atoms with Crippen LogP contribution in [0, 0.1) is 34.4 Å². The second-order valence-corrected chi connectivity index (χ2v) is 12.3. The van der Waals surface area contributed by atoms with E-state index >= 15 is 0 Å². The Bertz CT molecular complexity index is 1190. The van der Waals surface area contributed by atoms with Crippen LogP contribution in [0.5, 0.6) is 5.75 Å². The van der Waals surface area contributed by atoms with Gasteiger partial charge in [0.2, 0.25) is 5.78 Å². The molecule has 6 rings (SSSR count). The first-order valence-corrected chi connectivity index (χ1v) is 14.0. The molecule has 204 valence electrons. The summed E-state index contributed by atoms with van der Waals surface area (Å²) in [4.78, 5) is 26.3. The summed E-state index contributed by atoms with van der Waals surface area (Å²) in [6.07, 6.45) is 8.11. The van der Waals surface area contributed by atoms with E-state index in [1.165, 1.54) is 24.3 Å². The third-order valence-corrected chi connectivity index (χ3v) is 10.4. The van der Waals surface area contributed by atoms with E-state index in [0.717, 1.165) is 24.8 Å². The highest BCUT2D eigenvalue weighted by molar-refractivity contribution is 6.01. The fourth-order valence-electron chi connectivity index (χ4n) is 8.79. The van der Waals surface area contributed by atoms with Crippen molar-refractivity contribution in [1.82, 2.24) is 0 Å². The lowest BCUT2D eigenvalue weighted by Crippen LogP contribution is -2.63. The Morgan fingerprint density at radius 2 is 2.00 bits per heavy atom. The predicted octanol–water partition coefficient (Wildman–Crippen LogP) is 4.94. The Morgan fingerprint density at radius 1 is 1.24 bits per heavy atom. The highest BCUT2D eigenvalue weighted by Crippen LogP contribution is 2.69. The Morgan fingerprint density at radius 3 is 2.74 bits per heavy atom. The molecule has 0 bridgehead atoms. The molecule has 1 aromatic carbocycles. The molecule has 0 amide bonds. The van der Waals surface area contributed by atoms with Crippen molar-refractivity contribution in [1.29, 1.82) is 0 Å². The van der Waals surface area contributed by atoms with Gasteiger partial charge in [0.05, 0.1) is 12.2 Å². The van der Waals surface area contributed by atoms with Crippen LogP contribution in [0.2, 0.25) is 0 Å². The molecule has 1 heterocycles. The quantitative estimate of drug-likeness (QED) is 0.568. The molecule has 7 unspecified atom stereocenters. The van der Waals surface area contributed by atoms with Crippen LogP contribution in [0.1, 0.15) is 59.3 Å². The Kier molecular flexibility index (Phi) is 6.21. The first-order valence-electron chi connectivity index (χ1n) is 14.0. The van der Waals surface area contributed by atoms with Gasteiger partial charge in [0.25, 0.3) is 0 Å². The number of carbonyl (C=O) groups excluding carboxylic acids is 2. The van der Waals surface area contributed by atoms with Crippen LogP contribution in [0.4, 0.5) is 4.39 Å². The van der Waals surface area contributed by atoms with Gasteiger partial charge in [-0.25, -0.2) is 4.39 Å². The topological polar surface area (TPSA) is 82.1 Å². The number of hydrogen-bond donors (Lipinski definition) is 1. The number of allylic oxidation sites excluding steroid dienone is 4. The number of carbonyl (C=O) groups is 2. The average molecular weight is 525 g/mol. The van der Waals surface area contributed by atoms with Crippen molar-refractivity contribution in [2.75, 3.05) is 6.61 Å². The van der Waals surface area contributed by atoms with Gasteiger partial charge in [0.15, 0.2) is 17.7 Å². The van der Waals surface area contributed by atoms with Crippen molar-refractivity contribution in [2.24, 2.45) is 28.6 Å². The maximum Gasteiger partial charge on any atom is 0.205 e. The first kappa shape index (κ1) is 25.9. The van der Waals surface area contributed by atoms with Crippen molar-refractivity contribution in [2.45, 2.75) is 83.4 Å². The van der Waals surface area contributed by atoms with E-state index in [9.17, 15) is 19.1 Å². The molecule has 38 heavy (non-hydrogen) atoms. The molecule has 1 saturated heterocycles. The van der Waals surface area contributed by atoms with E-state index in [2.05, 4.69) is 20.8 Å². The second-order valence-electron chi connectivity index (χ2n) is 12.3. The minimum absolute atomic E-state index is 0.0101. The standard InChI is InChI=1S/C31H37FO6/c1-4-5-27-37-26-15-23-22-11-6-18-14-20(33)12-13-29(18,2)28(22)24(34)16-30(23,3)31(26,38-27)25(35)17-36-21-9-7-19(32)8-10-21/h7-10,12-14,22-24,26-28,34H,4-6,11,15-17H2,1-3H3/t22?,23?,24?,26-,27?,28?,29?,30?,31-/m1/s1. The third-order valence-electron chi connectivity index (χ3n) is 10.4. The van der Waals surface area contributed by atoms with Crippen molar-refractivity contribution in [3.8, 4) is 5.75 Å². The summed E-state index contributed by atoms with van der Waals surface area (Å²) in [5, 5.41) is 11.8. The number of rotatable bonds is 6. The lowest BCUT2D eigenvalue weighted by Gasteiger charge is -2.59. The molecule has 9 atom stereocenters. The van der Waals surface area contributed by atoms with Crippen molar-refractivity contribution >= 4 is 11.6 Å². The Labute approximate surface area is 223 Å². The molecule has 5 aliphatic rings. The summed E-state index contributed by atoms with van der Waals surface area (Å²) in [7, 11) is 0. The van der Waals surface area contributed by atoms with Gasteiger partial charge in [0, 0.05) is 16.7 Å². The smallest absolute Gasteiger partial charge is 0.205 e. The normalized spacial score (nSPS) is 43.1. The number of aliphatic hydroxyl groups is 1. The van der Waals surface area contributed by atoms with Crippen LogP contribution >= 0.6 is 0 Å². The highest BCUT2D eigenvalue weighted by atomic mass is 19.1. The molecule has 1 aliphatic heterocycles. The summed E-state index contributed by atoms with van der Waals surface area (Å²) in [6, 6.07) is 5.62. The molecule has 6 nitrogen and oxygen atoms in total. The lowest BCUT2D eigenvalue weighted by molar-refractivity contribution is -0.200. The number of aliphatic hydroxyl groups excluding tert-OH is 1. The summed E-state index contributed by atoms with van der Waals surface area (Å²) in [5.41, 5.74) is -1.15. The maximum atomic E-state index is 14.1. The van der Waals surface area contributed by atoms with Crippen molar-refractivity contribution < 1.29 is 33.3 Å². The van der Waals surface area contributed by atoms with Gasteiger partial charge in [-0.1, -0.05) is 38.8 Å². The van der Waals surface area contributed by atoms with Crippen LogP contribution in [0.15, 0.2) is 48.1 Å². The SMILES string of the molecule is CCCC1O[C@@H]2CC3C4CCC5=CC(=O)C=CC5(C)C4C(O)CC3(C)[C@]2(C(=O)COc2ccc(F)cc2)O1. The fraction of sp³-hybridized carbons (Fsp3) is 0.613. The van der Waals surface area contributed by atoms with Gasteiger partial charge in [-0.2, -0.15) is 0 Å². The largest absolute Gasteiger partial charge is 0.486 e. The zero-order chi connectivity index (χ0) is 26.9. The number of hydrogen-bond acceptors (Lipinski definition) is 6. The van der Waals surface area contributed by atoms with E-state index in [1.807, 2.05) is 6.08 Å². The van der Waals surface area contributed by atoms with Gasteiger partial charge in [-0.15, -0.1) is 0 Å². The van der Waals surface area contributed by atoms with E-state index in [1.54, 1.807) is 12.2 Å². The van der Waals surface area contributed by atoms with Crippen LogP contribution in [0.3, 0.4) is 0 Å². The van der Waals surface area contributed by atoms with E-state index in [-0.39, 0.29) is 47.2 Å². The van der Waals surface area contributed by atoms with Gasteiger partial charge < -0.3 is 19.3 Å². The molecular formula is C31H37FO6. The van der Waals surface area contributed by atoms with Crippen molar-refractivity contribution in [3.05, 3.63) is 53.9 Å². The zero-order valence-corrected chi connectivity index (χ0v) is 22.3. The molecule has 0 spiro atoms. The zero-order valence-electron chi connectivity index (χ0n) is 22.3. The number of fused-ring (bicyclic) bond motifs is 7. The summed E-state index contributed by atoms with van der Waals surface area (Å²) < 4.78 is 32.3. The van der Waals surface area contributed by atoms with Crippen LogP contribution in [0.25, 0.3) is 0 Å². The molecule has 1 N–H and O–H groups in total. The van der Waals surface area contributed by atoms with E-state index in [4.69, 9.17) is 14.2 Å². The Balaban J connectivity index is 1.34. The lowest BCUT2D eigenvalue weighted by atomic mass is 9.46. The van der Waals surface area contributed by atoms with Crippen LogP contribution < -0.4 is 4.74 Å². The minimum atomic E-state index is -1.22. The molecule has 0 radical (unpaired) electrons. The average Bonchev–Trinajstić information content (AvgIpc) is 3.36. The minimum Gasteiger partial charge on any atom is -0.486 e. The molecule has 4 aliphatic carbocycles. The molecule has 1 aromatic rings. The predicted molar refractivity (Wildman–Crippen MR) is 138 cm³/mol. The second kappa shape index (κ2) is 9.10. The first-order chi connectivity index (χ1) is 18.1. The molecular weight excluding hydrogens is 487 g/mol. The maximum absolute atomic E-state index is 14.1. The van der Waals surface area contributed by atoms with Gasteiger partial charge in [0.1, 0.15) is 18.2 Å².